The van der Waals surface area contributed by atoms with Crippen molar-refractivity contribution in [2.75, 3.05) is 30.5 Å². The lowest BCUT2D eigenvalue weighted by atomic mass is 10.2. The lowest BCUT2D eigenvalue weighted by Crippen LogP contribution is -2.24. The van der Waals surface area contributed by atoms with E-state index >= 15 is 0 Å². The van der Waals surface area contributed by atoms with Gasteiger partial charge < -0.3 is 4.90 Å². The van der Waals surface area contributed by atoms with Gasteiger partial charge in [-0.3, -0.25) is 0 Å². The van der Waals surface area contributed by atoms with Crippen LogP contribution in [0.3, 0.4) is 0 Å². The van der Waals surface area contributed by atoms with Crippen LogP contribution in [0, 0.1) is 6.92 Å². The summed E-state index contributed by atoms with van der Waals surface area (Å²) in [6, 6.07) is 0. The Labute approximate surface area is 106 Å². The minimum absolute atomic E-state index is 1.00. The van der Waals surface area contributed by atoms with Gasteiger partial charge in [-0.1, -0.05) is 0 Å². The zero-order chi connectivity index (χ0) is 12.1. The Bertz CT molecular complexity index is 351. The van der Waals surface area contributed by atoms with Crippen LogP contribution in [-0.4, -0.2) is 35.8 Å². The monoisotopic (exact) mass is 257 g/mol. The van der Waals surface area contributed by atoms with Crippen LogP contribution in [0.25, 0.3) is 0 Å². The van der Waals surface area contributed by atoms with Crippen molar-refractivity contribution in [3.8, 4) is 0 Å². The maximum absolute atomic E-state index is 4.30. The standard InChI is InChI=1S/C11H19N3S2/c1-6-14(7-2)9-8(3)10(15-4)12-13-11(9)16-5/h6-7H2,1-5H3. The molecule has 0 aliphatic rings. The first kappa shape index (κ1) is 13.6. The van der Waals surface area contributed by atoms with Crippen LogP contribution in [0.1, 0.15) is 19.4 Å². The second-order valence-electron chi connectivity index (χ2n) is 3.36. The third kappa shape index (κ3) is 2.63. The summed E-state index contributed by atoms with van der Waals surface area (Å²) in [5.74, 6) is 0. The van der Waals surface area contributed by atoms with Gasteiger partial charge in [0, 0.05) is 18.7 Å². The van der Waals surface area contributed by atoms with Gasteiger partial charge in [0.2, 0.25) is 0 Å². The van der Waals surface area contributed by atoms with E-state index in [9.17, 15) is 0 Å². The van der Waals surface area contributed by atoms with Crippen LogP contribution in [0.2, 0.25) is 0 Å². The van der Waals surface area contributed by atoms with E-state index in [1.54, 1.807) is 23.5 Å². The van der Waals surface area contributed by atoms with Crippen molar-refractivity contribution < 1.29 is 0 Å². The van der Waals surface area contributed by atoms with Gasteiger partial charge in [-0.2, -0.15) is 0 Å². The number of hydrogen-bond acceptors (Lipinski definition) is 5. The predicted octanol–water partition coefficient (Wildman–Crippen LogP) is 3.08. The van der Waals surface area contributed by atoms with Gasteiger partial charge in [-0.05, 0) is 33.3 Å². The fraction of sp³-hybridized carbons (Fsp3) is 0.636. The van der Waals surface area contributed by atoms with Crippen molar-refractivity contribution >= 4 is 29.2 Å². The van der Waals surface area contributed by atoms with Crippen molar-refractivity contribution in [1.82, 2.24) is 10.2 Å². The second kappa shape index (κ2) is 6.35. The van der Waals surface area contributed by atoms with Crippen LogP contribution in [0.15, 0.2) is 10.1 Å². The van der Waals surface area contributed by atoms with Gasteiger partial charge in [-0.25, -0.2) is 0 Å². The molecule has 0 radical (unpaired) electrons. The fourth-order valence-electron chi connectivity index (χ4n) is 1.72. The Balaban J connectivity index is 3.30. The van der Waals surface area contributed by atoms with Crippen molar-refractivity contribution in [3.63, 3.8) is 0 Å². The molecular formula is C11H19N3S2. The summed E-state index contributed by atoms with van der Waals surface area (Å²) in [7, 11) is 0. The molecule has 90 valence electrons. The molecule has 16 heavy (non-hydrogen) atoms. The quantitative estimate of drug-likeness (QED) is 0.756. The number of hydrogen-bond donors (Lipinski definition) is 0. The van der Waals surface area contributed by atoms with E-state index in [1.165, 1.54) is 11.3 Å². The Morgan fingerprint density at radius 2 is 1.50 bits per heavy atom. The summed E-state index contributed by atoms with van der Waals surface area (Å²) in [6.45, 7) is 8.49. The van der Waals surface area contributed by atoms with Crippen molar-refractivity contribution in [2.24, 2.45) is 0 Å². The van der Waals surface area contributed by atoms with E-state index in [0.717, 1.165) is 23.1 Å². The van der Waals surface area contributed by atoms with E-state index in [2.05, 4.69) is 42.1 Å². The number of anilines is 1. The van der Waals surface area contributed by atoms with Gasteiger partial charge >= 0.3 is 0 Å². The molecule has 0 spiro atoms. The minimum atomic E-state index is 1.00. The third-order valence-electron chi connectivity index (χ3n) is 2.58. The highest BCUT2D eigenvalue weighted by atomic mass is 32.2. The summed E-state index contributed by atoms with van der Waals surface area (Å²) in [6.07, 6.45) is 4.09. The normalized spacial score (nSPS) is 10.6. The molecule has 0 fully saturated rings. The molecule has 1 aromatic heterocycles. The van der Waals surface area contributed by atoms with E-state index in [-0.39, 0.29) is 0 Å². The first-order valence-corrected chi connectivity index (χ1v) is 7.84. The Kier molecular flexibility index (Phi) is 5.41. The molecule has 0 aliphatic heterocycles. The molecule has 3 nitrogen and oxygen atoms in total. The number of nitrogens with zero attached hydrogens (tertiary/aromatic N) is 3. The molecule has 0 aliphatic carbocycles. The fourth-order valence-corrected chi connectivity index (χ4v) is 2.84. The van der Waals surface area contributed by atoms with Gasteiger partial charge in [0.05, 0.1) is 5.69 Å². The average molecular weight is 257 g/mol. The zero-order valence-electron chi connectivity index (χ0n) is 10.6. The molecule has 0 bridgehead atoms. The summed E-state index contributed by atoms with van der Waals surface area (Å²) >= 11 is 3.32. The highest BCUT2D eigenvalue weighted by Gasteiger charge is 2.16. The molecule has 0 saturated heterocycles. The van der Waals surface area contributed by atoms with Crippen molar-refractivity contribution in [3.05, 3.63) is 5.56 Å². The molecule has 1 rings (SSSR count). The summed E-state index contributed by atoms with van der Waals surface area (Å²) < 4.78 is 0. The molecular weight excluding hydrogens is 238 g/mol. The molecule has 0 amide bonds. The summed E-state index contributed by atoms with van der Waals surface area (Å²) in [5.41, 5.74) is 2.49. The molecule has 1 heterocycles. The van der Waals surface area contributed by atoms with Crippen LogP contribution >= 0.6 is 23.5 Å². The van der Waals surface area contributed by atoms with Gasteiger partial charge in [0.15, 0.2) is 0 Å². The average Bonchev–Trinajstić information content (AvgIpc) is 2.32. The van der Waals surface area contributed by atoms with Gasteiger partial charge in [0.1, 0.15) is 10.1 Å². The molecule has 5 heteroatoms. The maximum Gasteiger partial charge on any atom is 0.142 e. The van der Waals surface area contributed by atoms with Crippen LogP contribution in [0.5, 0.6) is 0 Å². The Morgan fingerprint density at radius 3 is 1.94 bits per heavy atom. The van der Waals surface area contributed by atoms with E-state index in [1.807, 2.05) is 6.26 Å². The topological polar surface area (TPSA) is 29.0 Å². The molecule has 0 unspecified atom stereocenters. The summed E-state index contributed by atoms with van der Waals surface area (Å²) in [5, 5.41) is 10.6. The van der Waals surface area contributed by atoms with Gasteiger partial charge in [-0.15, -0.1) is 33.7 Å². The molecule has 0 saturated carbocycles. The van der Waals surface area contributed by atoms with Crippen molar-refractivity contribution in [1.29, 1.82) is 0 Å². The first-order chi connectivity index (χ1) is 7.69. The third-order valence-corrected chi connectivity index (χ3v) is 4.01. The second-order valence-corrected chi connectivity index (χ2v) is 4.95. The highest BCUT2D eigenvalue weighted by Crippen LogP contribution is 2.33. The van der Waals surface area contributed by atoms with Gasteiger partial charge in [0.25, 0.3) is 0 Å². The SMILES string of the molecule is CCN(CC)c1c(SC)nnc(SC)c1C. The lowest BCUT2D eigenvalue weighted by Gasteiger charge is -2.25. The smallest absolute Gasteiger partial charge is 0.142 e. The largest absolute Gasteiger partial charge is 0.370 e. The van der Waals surface area contributed by atoms with E-state index in [4.69, 9.17) is 0 Å². The van der Waals surface area contributed by atoms with Crippen LogP contribution in [-0.2, 0) is 0 Å². The maximum atomic E-state index is 4.30. The van der Waals surface area contributed by atoms with E-state index < -0.39 is 0 Å². The minimum Gasteiger partial charge on any atom is -0.370 e. The van der Waals surface area contributed by atoms with Crippen LogP contribution in [0.4, 0.5) is 5.69 Å². The molecule has 1 aromatic rings. The van der Waals surface area contributed by atoms with Crippen LogP contribution < -0.4 is 4.90 Å². The van der Waals surface area contributed by atoms with E-state index in [0.29, 0.717) is 0 Å². The number of rotatable bonds is 5. The summed E-state index contributed by atoms with van der Waals surface area (Å²) in [4.78, 5) is 2.34. The molecule has 0 N–H and O–H groups in total. The highest BCUT2D eigenvalue weighted by molar-refractivity contribution is 7.99. The Morgan fingerprint density at radius 1 is 1.00 bits per heavy atom. The predicted molar refractivity (Wildman–Crippen MR) is 73.9 cm³/mol. The number of thioether (sulfide) groups is 2. The lowest BCUT2D eigenvalue weighted by molar-refractivity contribution is 0.779. The zero-order valence-corrected chi connectivity index (χ0v) is 12.2. The molecule has 0 aromatic carbocycles. The molecule has 0 atom stereocenters. The number of aromatic nitrogens is 2. The first-order valence-electron chi connectivity index (χ1n) is 5.39. The Hall–Kier alpha value is -0.420. The van der Waals surface area contributed by atoms with Crippen molar-refractivity contribution in [2.45, 2.75) is 30.8 Å².